The number of benzene rings is 2. The van der Waals surface area contributed by atoms with Crippen LogP contribution in [0, 0.1) is 0 Å². The molecule has 1 N–H and O–H groups in total. The minimum Gasteiger partial charge on any atom is -0.497 e. The molecule has 0 unspecified atom stereocenters. The minimum atomic E-state index is 0.0444. The average molecular weight is 422 g/mol. The number of piperazine rings is 1. The number of nitrogens with one attached hydrogen (secondary N) is 1. The number of methoxy groups -OCH3 is 1. The van der Waals surface area contributed by atoms with E-state index in [1.54, 1.807) is 13.2 Å². The number of rotatable bonds is 7. The Morgan fingerprint density at radius 2 is 1.79 bits per heavy atom. The van der Waals surface area contributed by atoms with Crippen LogP contribution in [0.2, 0.25) is 10.0 Å². The highest BCUT2D eigenvalue weighted by Gasteiger charge is 2.19. The van der Waals surface area contributed by atoms with E-state index < -0.39 is 0 Å². The Bertz CT molecular complexity index is 791. The molecule has 7 heteroatoms. The van der Waals surface area contributed by atoms with Crippen molar-refractivity contribution in [1.82, 2.24) is 10.2 Å². The van der Waals surface area contributed by atoms with Gasteiger partial charge in [0.2, 0.25) is 5.91 Å². The van der Waals surface area contributed by atoms with Gasteiger partial charge in [-0.05, 0) is 48.4 Å². The first-order valence-corrected chi connectivity index (χ1v) is 10.1. The lowest BCUT2D eigenvalue weighted by atomic mass is 10.1. The number of anilines is 1. The maximum atomic E-state index is 12.2. The molecular weight excluding hydrogens is 397 g/mol. The third kappa shape index (κ3) is 5.77. The van der Waals surface area contributed by atoms with Gasteiger partial charge in [-0.1, -0.05) is 29.3 Å². The fourth-order valence-corrected chi connectivity index (χ4v) is 3.78. The molecule has 1 saturated heterocycles. The smallest absolute Gasteiger partial charge is 0.234 e. The normalized spacial score (nSPS) is 14.8. The molecule has 0 aromatic heterocycles. The van der Waals surface area contributed by atoms with Gasteiger partial charge in [-0.3, -0.25) is 9.69 Å². The van der Waals surface area contributed by atoms with Crippen molar-refractivity contribution in [3.8, 4) is 5.75 Å². The molecule has 1 aliphatic rings. The Morgan fingerprint density at radius 3 is 2.43 bits per heavy atom. The van der Waals surface area contributed by atoms with E-state index in [4.69, 9.17) is 27.9 Å². The Morgan fingerprint density at radius 1 is 1.07 bits per heavy atom. The number of halogens is 2. The summed E-state index contributed by atoms with van der Waals surface area (Å²) in [5, 5.41) is 4.23. The van der Waals surface area contributed by atoms with Gasteiger partial charge in [0.1, 0.15) is 5.75 Å². The number of hydrogen-bond acceptors (Lipinski definition) is 4. The number of ether oxygens (including phenoxy) is 1. The number of hydrogen-bond donors (Lipinski definition) is 1. The fourth-order valence-electron chi connectivity index (χ4n) is 3.28. The third-order valence-electron chi connectivity index (χ3n) is 4.91. The molecule has 1 heterocycles. The van der Waals surface area contributed by atoms with Crippen LogP contribution >= 0.6 is 23.2 Å². The van der Waals surface area contributed by atoms with Crippen molar-refractivity contribution in [2.24, 2.45) is 0 Å². The van der Waals surface area contributed by atoms with Crippen molar-refractivity contribution < 1.29 is 9.53 Å². The first-order valence-electron chi connectivity index (χ1n) is 9.37. The molecule has 0 saturated carbocycles. The Balaban J connectivity index is 1.38. The zero-order valence-electron chi connectivity index (χ0n) is 16.0. The van der Waals surface area contributed by atoms with E-state index in [1.165, 1.54) is 5.69 Å². The molecule has 3 rings (SSSR count). The highest BCUT2D eigenvalue weighted by atomic mass is 35.5. The van der Waals surface area contributed by atoms with Crippen LogP contribution < -0.4 is 15.0 Å². The first kappa shape index (κ1) is 20.8. The standard InChI is InChI=1S/C21H25Cl2N3O2/c1-28-19-6-4-18(5-7-19)26-12-10-25(11-13-26)15-21(27)24-9-8-16-2-3-17(22)14-20(16)23/h2-7,14H,8-13,15H2,1H3,(H,24,27). The van der Waals surface area contributed by atoms with Crippen LogP contribution in [0.5, 0.6) is 5.75 Å². The molecule has 5 nitrogen and oxygen atoms in total. The van der Waals surface area contributed by atoms with Crippen LogP contribution in [0.4, 0.5) is 5.69 Å². The van der Waals surface area contributed by atoms with Crippen molar-refractivity contribution in [2.75, 3.05) is 51.3 Å². The van der Waals surface area contributed by atoms with E-state index in [0.717, 1.165) is 37.5 Å². The second-order valence-electron chi connectivity index (χ2n) is 6.80. The zero-order valence-corrected chi connectivity index (χ0v) is 17.5. The molecular formula is C21H25Cl2N3O2. The maximum absolute atomic E-state index is 12.2. The molecule has 1 aliphatic heterocycles. The van der Waals surface area contributed by atoms with Gasteiger partial charge in [0.05, 0.1) is 13.7 Å². The molecule has 0 spiro atoms. The number of carbonyl (C=O) groups excluding carboxylic acids is 1. The van der Waals surface area contributed by atoms with Crippen LogP contribution in [-0.4, -0.2) is 57.2 Å². The lowest BCUT2D eigenvalue weighted by Gasteiger charge is -2.35. The molecule has 0 aliphatic carbocycles. The molecule has 0 radical (unpaired) electrons. The average Bonchev–Trinajstić information content (AvgIpc) is 2.70. The minimum absolute atomic E-state index is 0.0444. The van der Waals surface area contributed by atoms with Gasteiger partial charge < -0.3 is 15.0 Å². The monoisotopic (exact) mass is 421 g/mol. The molecule has 28 heavy (non-hydrogen) atoms. The molecule has 2 aromatic rings. The van der Waals surface area contributed by atoms with Gasteiger partial charge in [-0.2, -0.15) is 0 Å². The summed E-state index contributed by atoms with van der Waals surface area (Å²) >= 11 is 12.1. The van der Waals surface area contributed by atoms with Gasteiger partial charge in [0.25, 0.3) is 0 Å². The van der Waals surface area contributed by atoms with Gasteiger partial charge in [-0.15, -0.1) is 0 Å². The lowest BCUT2D eigenvalue weighted by Crippen LogP contribution is -2.49. The van der Waals surface area contributed by atoms with E-state index in [2.05, 4.69) is 27.2 Å². The molecule has 1 amide bonds. The highest BCUT2D eigenvalue weighted by molar-refractivity contribution is 6.35. The second kappa shape index (κ2) is 10.0. The highest BCUT2D eigenvalue weighted by Crippen LogP contribution is 2.21. The third-order valence-corrected chi connectivity index (χ3v) is 5.50. The van der Waals surface area contributed by atoms with E-state index in [-0.39, 0.29) is 5.91 Å². The SMILES string of the molecule is COc1ccc(N2CCN(CC(=O)NCCc3ccc(Cl)cc3Cl)CC2)cc1. The molecule has 1 fully saturated rings. The summed E-state index contributed by atoms with van der Waals surface area (Å²) in [6.07, 6.45) is 0.687. The molecule has 0 atom stereocenters. The van der Waals surface area contributed by atoms with E-state index in [1.807, 2.05) is 24.3 Å². The largest absolute Gasteiger partial charge is 0.497 e. The van der Waals surface area contributed by atoms with Crippen molar-refractivity contribution in [1.29, 1.82) is 0 Å². The van der Waals surface area contributed by atoms with Crippen LogP contribution in [-0.2, 0) is 11.2 Å². The number of nitrogens with zero attached hydrogens (tertiary/aromatic N) is 2. The van der Waals surface area contributed by atoms with Crippen molar-refractivity contribution >= 4 is 34.8 Å². The van der Waals surface area contributed by atoms with E-state index in [0.29, 0.717) is 29.6 Å². The maximum Gasteiger partial charge on any atom is 0.234 e. The Labute approximate surface area is 176 Å². The first-order chi connectivity index (χ1) is 13.5. The van der Waals surface area contributed by atoms with E-state index in [9.17, 15) is 4.79 Å². The quantitative estimate of drug-likeness (QED) is 0.742. The molecule has 150 valence electrons. The summed E-state index contributed by atoms with van der Waals surface area (Å²) in [6, 6.07) is 13.5. The summed E-state index contributed by atoms with van der Waals surface area (Å²) in [5.41, 5.74) is 2.17. The summed E-state index contributed by atoms with van der Waals surface area (Å²) in [6.45, 7) is 4.52. The van der Waals surface area contributed by atoms with Crippen molar-refractivity contribution in [3.63, 3.8) is 0 Å². The summed E-state index contributed by atoms with van der Waals surface area (Å²) in [7, 11) is 1.67. The predicted molar refractivity (Wildman–Crippen MR) is 115 cm³/mol. The van der Waals surface area contributed by atoms with Gasteiger partial charge in [0.15, 0.2) is 0 Å². The van der Waals surface area contributed by atoms with Crippen LogP contribution in [0.25, 0.3) is 0 Å². The number of carbonyl (C=O) groups is 1. The Kier molecular flexibility index (Phi) is 7.43. The van der Waals surface area contributed by atoms with Crippen molar-refractivity contribution in [3.05, 3.63) is 58.1 Å². The topological polar surface area (TPSA) is 44.8 Å². The second-order valence-corrected chi connectivity index (χ2v) is 7.64. The van der Waals surface area contributed by atoms with Crippen molar-refractivity contribution in [2.45, 2.75) is 6.42 Å². The van der Waals surface area contributed by atoms with Crippen LogP contribution in [0.1, 0.15) is 5.56 Å². The van der Waals surface area contributed by atoms with Gasteiger partial charge in [-0.25, -0.2) is 0 Å². The van der Waals surface area contributed by atoms with Crippen LogP contribution in [0.15, 0.2) is 42.5 Å². The lowest BCUT2D eigenvalue weighted by molar-refractivity contribution is -0.122. The Hall–Kier alpha value is -1.95. The van der Waals surface area contributed by atoms with E-state index >= 15 is 0 Å². The molecule has 0 bridgehead atoms. The van der Waals surface area contributed by atoms with Crippen LogP contribution in [0.3, 0.4) is 0 Å². The number of amides is 1. The zero-order chi connectivity index (χ0) is 19.9. The summed E-state index contributed by atoms with van der Waals surface area (Å²) in [4.78, 5) is 16.7. The fraction of sp³-hybridized carbons (Fsp3) is 0.381. The predicted octanol–water partition coefficient (Wildman–Crippen LogP) is 3.48. The summed E-state index contributed by atoms with van der Waals surface area (Å²) in [5.74, 6) is 0.905. The molecule has 2 aromatic carbocycles. The summed E-state index contributed by atoms with van der Waals surface area (Å²) < 4.78 is 5.21. The van der Waals surface area contributed by atoms with Gasteiger partial charge >= 0.3 is 0 Å². The van der Waals surface area contributed by atoms with Gasteiger partial charge in [0, 0.05) is 48.5 Å².